The standard InChI is InChI=1S/C24H15BrN2/c25-21-12-9-17(10-13-21)16-3-5-18(6-4-16)22-14-11-20-8-7-19-2-1-15-26-23(19)24(20)27-22/h1-15H. The summed E-state index contributed by atoms with van der Waals surface area (Å²) in [6.45, 7) is 0. The predicted molar refractivity (Wildman–Crippen MR) is 116 cm³/mol. The summed E-state index contributed by atoms with van der Waals surface area (Å²) in [7, 11) is 0. The molecule has 0 aliphatic carbocycles. The van der Waals surface area contributed by atoms with Crippen LogP contribution in [0.4, 0.5) is 0 Å². The van der Waals surface area contributed by atoms with E-state index in [-0.39, 0.29) is 0 Å². The van der Waals surface area contributed by atoms with Crippen LogP contribution in [-0.2, 0) is 0 Å². The molecule has 0 spiro atoms. The van der Waals surface area contributed by atoms with Gasteiger partial charge in [0.25, 0.3) is 0 Å². The highest BCUT2D eigenvalue weighted by Gasteiger charge is 2.06. The first-order valence-electron chi connectivity index (χ1n) is 8.79. The second kappa shape index (κ2) is 6.60. The Morgan fingerprint density at radius 1 is 0.556 bits per heavy atom. The van der Waals surface area contributed by atoms with Gasteiger partial charge in [-0.05, 0) is 35.4 Å². The molecule has 0 atom stereocenters. The van der Waals surface area contributed by atoms with E-state index in [4.69, 9.17) is 4.98 Å². The van der Waals surface area contributed by atoms with Crippen molar-refractivity contribution in [2.45, 2.75) is 0 Å². The van der Waals surface area contributed by atoms with E-state index in [0.29, 0.717) is 0 Å². The Bertz CT molecular complexity index is 1260. The van der Waals surface area contributed by atoms with Crippen molar-refractivity contribution < 1.29 is 0 Å². The Morgan fingerprint density at radius 3 is 1.89 bits per heavy atom. The van der Waals surface area contributed by atoms with Crippen molar-refractivity contribution in [1.29, 1.82) is 0 Å². The van der Waals surface area contributed by atoms with Gasteiger partial charge < -0.3 is 0 Å². The highest BCUT2D eigenvalue weighted by molar-refractivity contribution is 9.10. The molecule has 0 aliphatic rings. The third-order valence-electron chi connectivity index (χ3n) is 4.79. The molecule has 0 saturated carbocycles. The van der Waals surface area contributed by atoms with Crippen LogP contribution in [-0.4, -0.2) is 9.97 Å². The SMILES string of the molecule is Brc1ccc(-c2ccc(-c3ccc4ccc5cccnc5c4n3)cc2)cc1. The summed E-state index contributed by atoms with van der Waals surface area (Å²) in [4.78, 5) is 9.46. The number of hydrogen-bond acceptors (Lipinski definition) is 2. The van der Waals surface area contributed by atoms with Crippen molar-refractivity contribution >= 4 is 37.7 Å². The second-order valence-corrected chi connectivity index (χ2v) is 7.41. The average Bonchev–Trinajstić information content (AvgIpc) is 2.74. The van der Waals surface area contributed by atoms with Crippen molar-refractivity contribution in [1.82, 2.24) is 9.97 Å². The van der Waals surface area contributed by atoms with Crippen LogP contribution in [0.25, 0.3) is 44.2 Å². The van der Waals surface area contributed by atoms with Crippen molar-refractivity contribution in [2.75, 3.05) is 0 Å². The lowest BCUT2D eigenvalue weighted by molar-refractivity contribution is 1.37. The zero-order chi connectivity index (χ0) is 18.2. The largest absolute Gasteiger partial charge is 0.254 e. The van der Waals surface area contributed by atoms with Gasteiger partial charge in [0.05, 0.1) is 16.7 Å². The Hall–Kier alpha value is -3.04. The lowest BCUT2D eigenvalue weighted by Crippen LogP contribution is -1.88. The first-order chi connectivity index (χ1) is 13.3. The fraction of sp³-hybridized carbons (Fsp3) is 0. The highest BCUT2D eigenvalue weighted by atomic mass is 79.9. The van der Waals surface area contributed by atoms with Crippen molar-refractivity contribution in [2.24, 2.45) is 0 Å². The molecule has 5 rings (SSSR count). The van der Waals surface area contributed by atoms with Crippen LogP contribution in [0.5, 0.6) is 0 Å². The van der Waals surface area contributed by atoms with E-state index in [1.54, 1.807) is 0 Å². The third-order valence-corrected chi connectivity index (χ3v) is 5.32. The van der Waals surface area contributed by atoms with Gasteiger partial charge in [-0.3, -0.25) is 4.98 Å². The fourth-order valence-corrected chi connectivity index (χ4v) is 3.62. The molecular weight excluding hydrogens is 396 g/mol. The summed E-state index contributed by atoms with van der Waals surface area (Å²) in [6.07, 6.45) is 1.82. The second-order valence-electron chi connectivity index (χ2n) is 6.49. The van der Waals surface area contributed by atoms with Crippen LogP contribution < -0.4 is 0 Å². The van der Waals surface area contributed by atoms with Gasteiger partial charge in [-0.15, -0.1) is 0 Å². The molecule has 0 unspecified atom stereocenters. The molecule has 0 amide bonds. The molecular formula is C24H15BrN2. The molecule has 3 aromatic carbocycles. The Labute approximate surface area is 165 Å². The van der Waals surface area contributed by atoms with Crippen LogP contribution in [0.2, 0.25) is 0 Å². The van der Waals surface area contributed by atoms with E-state index < -0.39 is 0 Å². The smallest absolute Gasteiger partial charge is 0.0972 e. The number of benzene rings is 3. The molecule has 2 heterocycles. The van der Waals surface area contributed by atoms with Gasteiger partial charge in [-0.1, -0.05) is 76.6 Å². The number of halogens is 1. The van der Waals surface area contributed by atoms with Gasteiger partial charge in [-0.25, -0.2) is 4.98 Å². The number of fused-ring (bicyclic) bond motifs is 3. The van der Waals surface area contributed by atoms with Crippen molar-refractivity contribution in [3.05, 3.63) is 95.6 Å². The molecule has 0 saturated heterocycles. The molecule has 0 fully saturated rings. The molecule has 0 radical (unpaired) electrons. The van der Waals surface area contributed by atoms with Gasteiger partial charge >= 0.3 is 0 Å². The quantitative estimate of drug-likeness (QED) is 0.296. The Balaban J connectivity index is 1.58. The average molecular weight is 411 g/mol. The number of rotatable bonds is 2. The molecule has 0 bridgehead atoms. The van der Waals surface area contributed by atoms with Gasteiger partial charge in [0.2, 0.25) is 0 Å². The molecule has 2 nitrogen and oxygen atoms in total. The van der Waals surface area contributed by atoms with Gasteiger partial charge in [0.15, 0.2) is 0 Å². The monoisotopic (exact) mass is 410 g/mol. The molecule has 0 aliphatic heterocycles. The molecule has 3 heteroatoms. The Morgan fingerprint density at radius 2 is 1.15 bits per heavy atom. The minimum Gasteiger partial charge on any atom is -0.254 e. The van der Waals surface area contributed by atoms with Crippen LogP contribution in [0.15, 0.2) is 95.6 Å². The normalized spacial score (nSPS) is 11.1. The summed E-state index contributed by atoms with van der Waals surface area (Å²) >= 11 is 3.48. The molecule has 0 N–H and O–H groups in total. The molecule has 27 heavy (non-hydrogen) atoms. The highest BCUT2D eigenvalue weighted by Crippen LogP contribution is 2.28. The zero-order valence-electron chi connectivity index (χ0n) is 14.4. The molecule has 5 aromatic rings. The summed E-state index contributed by atoms with van der Waals surface area (Å²) in [5.74, 6) is 0. The lowest BCUT2D eigenvalue weighted by atomic mass is 10.0. The first-order valence-corrected chi connectivity index (χ1v) is 9.58. The summed E-state index contributed by atoms with van der Waals surface area (Å²) < 4.78 is 1.09. The van der Waals surface area contributed by atoms with Crippen LogP contribution in [0.1, 0.15) is 0 Å². The fourth-order valence-electron chi connectivity index (χ4n) is 3.36. The number of hydrogen-bond donors (Lipinski definition) is 0. The van der Waals surface area contributed by atoms with E-state index in [2.05, 4.69) is 99.8 Å². The maximum Gasteiger partial charge on any atom is 0.0972 e. The van der Waals surface area contributed by atoms with Gasteiger partial charge in [0, 0.05) is 27.0 Å². The predicted octanol–water partition coefficient (Wildman–Crippen LogP) is 6.88. The number of aromatic nitrogens is 2. The topological polar surface area (TPSA) is 25.8 Å². The molecule has 2 aromatic heterocycles. The van der Waals surface area contributed by atoms with Crippen LogP contribution in [0, 0.1) is 0 Å². The van der Waals surface area contributed by atoms with Crippen LogP contribution in [0.3, 0.4) is 0 Å². The maximum atomic E-state index is 4.92. The molecule has 128 valence electrons. The third kappa shape index (κ3) is 3.00. The van der Waals surface area contributed by atoms with Gasteiger partial charge in [0.1, 0.15) is 0 Å². The van der Waals surface area contributed by atoms with Crippen molar-refractivity contribution in [3.8, 4) is 22.4 Å². The minimum absolute atomic E-state index is 0.947. The summed E-state index contributed by atoms with van der Waals surface area (Å²) in [6, 6.07) is 29.3. The van der Waals surface area contributed by atoms with Gasteiger partial charge in [-0.2, -0.15) is 0 Å². The number of nitrogens with zero attached hydrogens (tertiary/aromatic N) is 2. The summed E-state index contributed by atoms with van der Waals surface area (Å²) in [5, 5.41) is 2.22. The number of pyridine rings is 2. The van der Waals surface area contributed by atoms with E-state index in [1.807, 2.05) is 12.3 Å². The first kappa shape index (κ1) is 16.2. The Kier molecular flexibility index (Phi) is 3.95. The minimum atomic E-state index is 0.947. The van der Waals surface area contributed by atoms with Crippen LogP contribution >= 0.6 is 15.9 Å². The van der Waals surface area contributed by atoms with E-state index in [9.17, 15) is 0 Å². The summed E-state index contributed by atoms with van der Waals surface area (Å²) in [5.41, 5.74) is 6.35. The van der Waals surface area contributed by atoms with Crippen molar-refractivity contribution in [3.63, 3.8) is 0 Å². The lowest BCUT2D eigenvalue weighted by Gasteiger charge is -2.07. The maximum absolute atomic E-state index is 4.92. The zero-order valence-corrected chi connectivity index (χ0v) is 16.0. The van der Waals surface area contributed by atoms with E-state index >= 15 is 0 Å². The van der Waals surface area contributed by atoms with E-state index in [0.717, 1.165) is 37.5 Å². The van der Waals surface area contributed by atoms with E-state index in [1.165, 1.54) is 11.1 Å².